The molecule has 2 N–H and O–H groups in total. The minimum atomic E-state index is -1.00. The number of pyridine rings is 2. The van der Waals surface area contributed by atoms with Crippen LogP contribution in [0.2, 0.25) is 0 Å². The van der Waals surface area contributed by atoms with E-state index >= 15 is 0 Å². The second-order valence-electron chi connectivity index (χ2n) is 4.47. The molecular weight excluding hydrogens is 270 g/mol. The Bertz CT molecular complexity index is 653. The largest absolute Gasteiger partial charge is 0.474 e. The van der Waals surface area contributed by atoms with Gasteiger partial charge in [0, 0.05) is 23.7 Å². The molecule has 108 valence electrons. The van der Waals surface area contributed by atoms with Crippen molar-refractivity contribution in [3.05, 3.63) is 41.9 Å². The number of ether oxygens (including phenoxy) is 1. The van der Waals surface area contributed by atoms with Crippen LogP contribution in [-0.2, 0) is 0 Å². The van der Waals surface area contributed by atoms with E-state index in [2.05, 4.69) is 9.97 Å². The van der Waals surface area contributed by atoms with Crippen LogP contribution in [0.25, 0.3) is 11.1 Å². The Morgan fingerprint density at radius 2 is 2.10 bits per heavy atom. The van der Waals surface area contributed by atoms with E-state index in [0.717, 1.165) is 11.1 Å². The Morgan fingerprint density at radius 3 is 2.71 bits per heavy atom. The van der Waals surface area contributed by atoms with E-state index in [1.54, 1.807) is 18.5 Å². The summed E-state index contributed by atoms with van der Waals surface area (Å²) in [5.74, 6) is 0.153. The Balaban J connectivity index is 2.34. The van der Waals surface area contributed by atoms with E-state index in [9.17, 15) is 10.4 Å². The van der Waals surface area contributed by atoms with Gasteiger partial charge in [0.05, 0.1) is 6.61 Å². The fourth-order valence-electron chi connectivity index (χ4n) is 1.82. The highest BCUT2D eigenvalue weighted by atomic mass is 16.5. The molecule has 0 radical (unpaired) electrons. The summed E-state index contributed by atoms with van der Waals surface area (Å²) in [6.07, 6.45) is 2.34. The lowest BCUT2D eigenvalue weighted by Gasteiger charge is -2.13. The van der Waals surface area contributed by atoms with E-state index in [4.69, 9.17) is 9.84 Å². The average Bonchev–Trinajstić information content (AvgIpc) is 2.53. The first-order valence-corrected chi connectivity index (χ1v) is 6.39. The zero-order chi connectivity index (χ0) is 15.2. The number of hydrogen-bond acceptors (Lipinski definition) is 6. The van der Waals surface area contributed by atoms with Crippen molar-refractivity contribution in [3.63, 3.8) is 0 Å². The quantitative estimate of drug-likeness (QED) is 0.852. The molecule has 1 unspecified atom stereocenters. The van der Waals surface area contributed by atoms with E-state index in [1.165, 1.54) is 0 Å². The third kappa shape index (κ3) is 3.54. The molecule has 0 saturated carbocycles. The van der Waals surface area contributed by atoms with Crippen molar-refractivity contribution < 1.29 is 14.9 Å². The van der Waals surface area contributed by atoms with Crippen molar-refractivity contribution in [1.82, 2.24) is 9.97 Å². The van der Waals surface area contributed by atoms with Gasteiger partial charge in [0.25, 0.3) is 0 Å². The van der Waals surface area contributed by atoms with Crippen LogP contribution in [-0.4, -0.2) is 39.5 Å². The smallest absolute Gasteiger partial charge is 0.232 e. The van der Waals surface area contributed by atoms with Gasteiger partial charge in [-0.15, -0.1) is 0 Å². The summed E-state index contributed by atoms with van der Waals surface area (Å²) in [4.78, 5) is 8.23. The first-order valence-electron chi connectivity index (χ1n) is 6.39. The molecule has 21 heavy (non-hydrogen) atoms. The number of nitrogens with zero attached hydrogens (tertiary/aromatic N) is 3. The molecule has 0 aliphatic heterocycles. The molecule has 0 spiro atoms. The van der Waals surface area contributed by atoms with Crippen molar-refractivity contribution in [2.75, 3.05) is 13.2 Å². The van der Waals surface area contributed by atoms with Gasteiger partial charge < -0.3 is 14.9 Å². The number of aliphatic hydroxyl groups excluding tert-OH is 2. The average molecular weight is 285 g/mol. The molecule has 1 atom stereocenters. The van der Waals surface area contributed by atoms with Gasteiger partial charge in [-0.25, -0.2) is 4.98 Å². The Hall–Kier alpha value is -2.49. The summed E-state index contributed by atoms with van der Waals surface area (Å²) >= 11 is 0. The fraction of sp³-hybridized carbons (Fsp3) is 0.267. The predicted molar refractivity (Wildman–Crippen MR) is 75.5 cm³/mol. The normalized spacial score (nSPS) is 11.7. The molecule has 2 aromatic rings. The lowest BCUT2D eigenvalue weighted by Crippen LogP contribution is -2.22. The van der Waals surface area contributed by atoms with Crippen LogP contribution in [0.5, 0.6) is 5.88 Å². The summed E-state index contributed by atoms with van der Waals surface area (Å²) in [5, 5.41) is 27.3. The minimum absolute atomic E-state index is 0.119. The van der Waals surface area contributed by atoms with Crippen molar-refractivity contribution >= 4 is 0 Å². The van der Waals surface area contributed by atoms with Crippen LogP contribution in [0.1, 0.15) is 11.3 Å². The summed E-state index contributed by atoms with van der Waals surface area (Å²) in [7, 11) is 0. The fourth-order valence-corrected chi connectivity index (χ4v) is 1.82. The number of aryl methyl sites for hydroxylation is 1. The summed E-state index contributed by atoms with van der Waals surface area (Å²) in [6, 6.07) is 7.39. The van der Waals surface area contributed by atoms with Gasteiger partial charge in [-0.05, 0) is 30.7 Å². The topological polar surface area (TPSA) is 99.3 Å². The van der Waals surface area contributed by atoms with Crippen molar-refractivity contribution in [2.24, 2.45) is 0 Å². The zero-order valence-corrected chi connectivity index (χ0v) is 11.5. The Kier molecular flexibility index (Phi) is 4.82. The molecule has 0 aliphatic rings. The molecule has 0 aliphatic carbocycles. The van der Waals surface area contributed by atoms with Crippen LogP contribution in [0.3, 0.4) is 0 Å². The van der Waals surface area contributed by atoms with Crippen molar-refractivity contribution in [2.45, 2.75) is 13.0 Å². The molecule has 0 aromatic carbocycles. The maximum Gasteiger partial charge on any atom is 0.232 e. The highest BCUT2D eigenvalue weighted by Gasteiger charge is 2.13. The number of aliphatic hydroxyl groups is 2. The zero-order valence-electron chi connectivity index (χ0n) is 11.5. The molecular formula is C15H15N3O3. The molecule has 2 heterocycles. The Labute approximate surface area is 122 Å². The molecule has 0 saturated heterocycles. The Morgan fingerprint density at radius 1 is 1.38 bits per heavy atom. The van der Waals surface area contributed by atoms with Gasteiger partial charge in [0.1, 0.15) is 24.3 Å². The van der Waals surface area contributed by atoms with E-state index in [-0.39, 0.29) is 18.1 Å². The van der Waals surface area contributed by atoms with Gasteiger partial charge in [0.2, 0.25) is 5.88 Å². The molecule has 2 aromatic heterocycles. The van der Waals surface area contributed by atoms with Crippen LogP contribution in [0, 0.1) is 18.3 Å². The molecule has 6 nitrogen and oxygen atoms in total. The van der Waals surface area contributed by atoms with Gasteiger partial charge in [0.15, 0.2) is 0 Å². The molecule has 0 fully saturated rings. The molecule has 2 rings (SSSR count). The molecule has 6 heteroatoms. The molecule has 0 amide bonds. The number of nitriles is 1. The third-order valence-electron chi connectivity index (χ3n) is 2.91. The van der Waals surface area contributed by atoms with Crippen LogP contribution in [0.15, 0.2) is 30.6 Å². The second-order valence-corrected chi connectivity index (χ2v) is 4.47. The number of rotatable bonds is 5. The van der Waals surface area contributed by atoms with E-state index in [1.807, 2.05) is 25.1 Å². The minimum Gasteiger partial charge on any atom is -0.474 e. The summed E-state index contributed by atoms with van der Waals surface area (Å²) < 4.78 is 5.30. The lowest BCUT2D eigenvalue weighted by molar-refractivity contribution is 0.0520. The van der Waals surface area contributed by atoms with Crippen molar-refractivity contribution in [1.29, 1.82) is 5.26 Å². The van der Waals surface area contributed by atoms with Gasteiger partial charge in [-0.2, -0.15) is 5.26 Å². The number of hydrogen-bond donors (Lipinski definition) is 2. The van der Waals surface area contributed by atoms with Crippen LogP contribution < -0.4 is 4.74 Å². The lowest BCUT2D eigenvalue weighted by atomic mass is 10.0. The highest BCUT2D eigenvalue weighted by molar-refractivity contribution is 5.68. The predicted octanol–water partition coefficient (Wildman–Crippen LogP) is 1.06. The highest BCUT2D eigenvalue weighted by Crippen LogP contribution is 2.27. The summed E-state index contributed by atoms with van der Waals surface area (Å²) in [6.45, 7) is 1.29. The maximum absolute atomic E-state index is 9.29. The van der Waals surface area contributed by atoms with E-state index in [0.29, 0.717) is 5.69 Å². The third-order valence-corrected chi connectivity index (χ3v) is 2.91. The summed E-state index contributed by atoms with van der Waals surface area (Å²) in [5.41, 5.74) is 2.71. The van der Waals surface area contributed by atoms with Gasteiger partial charge >= 0.3 is 0 Å². The van der Waals surface area contributed by atoms with Gasteiger partial charge in [-0.3, -0.25) is 4.98 Å². The van der Waals surface area contributed by atoms with Gasteiger partial charge in [-0.1, -0.05) is 0 Å². The van der Waals surface area contributed by atoms with Crippen LogP contribution in [0.4, 0.5) is 0 Å². The van der Waals surface area contributed by atoms with E-state index < -0.39 is 12.7 Å². The standard InChI is InChI=1S/C15H15N3O3/c1-10-14(11-2-4-17-5-3-11)6-12(7-16)15(18-10)21-9-13(20)8-19/h2-6,13,19-20H,8-9H2,1H3. The SMILES string of the molecule is Cc1nc(OCC(O)CO)c(C#N)cc1-c1ccncc1. The number of aromatic nitrogens is 2. The van der Waals surface area contributed by atoms with Crippen LogP contribution >= 0.6 is 0 Å². The monoisotopic (exact) mass is 285 g/mol. The first kappa shape index (κ1) is 14.9. The maximum atomic E-state index is 9.29. The first-order chi connectivity index (χ1) is 10.2. The van der Waals surface area contributed by atoms with Crippen molar-refractivity contribution in [3.8, 4) is 23.1 Å². The molecule has 0 bridgehead atoms. The second kappa shape index (κ2) is 6.79.